The van der Waals surface area contributed by atoms with E-state index in [9.17, 15) is 9.59 Å². The molecule has 178 valence electrons. The fraction of sp³-hybridized carbons (Fsp3) is 0.370. The molecule has 1 aromatic heterocycles. The molecule has 7 heteroatoms. The van der Waals surface area contributed by atoms with Crippen molar-refractivity contribution in [2.75, 3.05) is 37.6 Å². The molecule has 2 aromatic carbocycles. The third-order valence-electron chi connectivity index (χ3n) is 6.20. The molecule has 2 heterocycles. The van der Waals surface area contributed by atoms with Crippen molar-refractivity contribution in [2.24, 2.45) is 0 Å². The van der Waals surface area contributed by atoms with E-state index < -0.39 is 0 Å². The van der Waals surface area contributed by atoms with E-state index in [0.717, 1.165) is 71.7 Å². The zero-order chi connectivity index (χ0) is 24.1. The summed E-state index contributed by atoms with van der Waals surface area (Å²) in [6.45, 7) is 10.2. The van der Waals surface area contributed by atoms with E-state index in [1.54, 1.807) is 0 Å². The largest absolute Gasteiger partial charge is 0.461 e. The summed E-state index contributed by atoms with van der Waals surface area (Å²) in [4.78, 5) is 32.7. The number of pyridine rings is 1. The van der Waals surface area contributed by atoms with Crippen molar-refractivity contribution in [3.8, 4) is 11.3 Å². The van der Waals surface area contributed by atoms with Gasteiger partial charge in [-0.1, -0.05) is 43.3 Å². The number of piperazine rings is 1. The SMILES string of the molecule is CCN1CCN(c2nc(-c3ccc(COC(C)=O)c(COC(C)=O)c3)cc3ccccc23)CC1. The van der Waals surface area contributed by atoms with Crippen LogP contribution in [0.2, 0.25) is 0 Å². The van der Waals surface area contributed by atoms with Crippen molar-refractivity contribution in [3.05, 3.63) is 59.7 Å². The van der Waals surface area contributed by atoms with Crippen molar-refractivity contribution < 1.29 is 19.1 Å². The Morgan fingerprint density at radius 1 is 0.882 bits per heavy atom. The normalized spacial score (nSPS) is 14.3. The molecule has 0 spiro atoms. The van der Waals surface area contributed by atoms with Gasteiger partial charge in [-0.2, -0.15) is 0 Å². The number of fused-ring (bicyclic) bond motifs is 1. The number of hydrogen-bond donors (Lipinski definition) is 0. The molecular formula is C27H31N3O4. The molecule has 0 amide bonds. The standard InChI is InChI=1S/C27H31N3O4/c1-4-29-11-13-30(14-12-29)27-25-8-6-5-7-21(25)16-26(28-27)22-9-10-23(17-33-19(2)31)24(15-22)18-34-20(3)32/h5-10,15-16H,4,11-14,17-18H2,1-3H3. The summed E-state index contributed by atoms with van der Waals surface area (Å²) in [5, 5.41) is 2.27. The predicted molar refractivity (Wildman–Crippen MR) is 132 cm³/mol. The molecule has 4 rings (SSSR count). The lowest BCUT2D eigenvalue weighted by Crippen LogP contribution is -2.46. The predicted octanol–water partition coefficient (Wildman–Crippen LogP) is 4.17. The first-order valence-electron chi connectivity index (χ1n) is 11.7. The second-order valence-electron chi connectivity index (χ2n) is 8.52. The van der Waals surface area contributed by atoms with E-state index in [4.69, 9.17) is 14.5 Å². The van der Waals surface area contributed by atoms with Gasteiger partial charge in [0.05, 0.1) is 5.69 Å². The molecule has 0 aliphatic carbocycles. The minimum atomic E-state index is -0.360. The van der Waals surface area contributed by atoms with E-state index in [0.29, 0.717) is 0 Å². The Morgan fingerprint density at radius 2 is 1.56 bits per heavy atom. The van der Waals surface area contributed by atoms with Gasteiger partial charge >= 0.3 is 11.9 Å². The number of nitrogens with zero attached hydrogens (tertiary/aromatic N) is 3. The van der Waals surface area contributed by atoms with Gasteiger partial charge in [-0.15, -0.1) is 0 Å². The number of anilines is 1. The van der Waals surface area contributed by atoms with Crippen LogP contribution in [0.4, 0.5) is 5.82 Å². The number of likely N-dealkylation sites (N-methyl/N-ethyl adjacent to an activating group) is 1. The number of aromatic nitrogens is 1. The summed E-state index contributed by atoms with van der Waals surface area (Å²) in [5.74, 6) is 0.280. The average Bonchev–Trinajstić information content (AvgIpc) is 2.85. The summed E-state index contributed by atoms with van der Waals surface area (Å²) < 4.78 is 10.5. The zero-order valence-electron chi connectivity index (χ0n) is 20.0. The molecule has 0 atom stereocenters. The quantitative estimate of drug-likeness (QED) is 0.489. The summed E-state index contributed by atoms with van der Waals surface area (Å²) in [5.41, 5.74) is 3.38. The molecule has 0 bridgehead atoms. The number of benzene rings is 2. The van der Waals surface area contributed by atoms with E-state index in [2.05, 4.69) is 41.0 Å². The fourth-order valence-electron chi connectivity index (χ4n) is 4.26. The number of carbonyl (C=O) groups excluding carboxylic acids is 2. The highest BCUT2D eigenvalue weighted by molar-refractivity contribution is 5.95. The number of hydrogen-bond acceptors (Lipinski definition) is 7. The third-order valence-corrected chi connectivity index (χ3v) is 6.20. The summed E-state index contributed by atoms with van der Waals surface area (Å²) in [6.07, 6.45) is 0. The summed E-state index contributed by atoms with van der Waals surface area (Å²) in [6, 6.07) is 16.3. The van der Waals surface area contributed by atoms with Crippen LogP contribution in [0.25, 0.3) is 22.0 Å². The number of carbonyl (C=O) groups is 2. The van der Waals surface area contributed by atoms with Crippen LogP contribution in [0.1, 0.15) is 31.9 Å². The highest BCUT2D eigenvalue weighted by atomic mass is 16.5. The second kappa shape index (κ2) is 10.7. The molecule has 0 unspecified atom stereocenters. The van der Waals surface area contributed by atoms with Crippen LogP contribution in [-0.4, -0.2) is 54.5 Å². The first-order chi connectivity index (χ1) is 16.4. The van der Waals surface area contributed by atoms with Gasteiger partial charge in [0.15, 0.2) is 0 Å². The first kappa shape index (κ1) is 23.7. The van der Waals surface area contributed by atoms with E-state index in [-0.39, 0.29) is 25.2 Å². The molecule has 0 radical (unpaired) electrons. The Morgan fingerprint density at radius 3 is 2.24 bits per heavy atom. The van der Waals surface area contributed by atoms with E-state index in [1.807, 2.05) is 24.3 Å². The zero-order valence-corrected chi connectivity index (χ0v) is 20.0. The topological polar surface area (TPSA) is 72.0 Å². The van der Waals surface area contributed by atoms with Crippen LogP contribution in [0.15, 0.2) is 48.5 Å². The molecule has 1 aliphatic rings. The van der Waals surface area contributed by atoms with Gasteiger partial charge in [-0.05, 0) is 35.2 Å². The lowest BCUT2D eigenvalue weighted by Gasteiger charge is -2.35. The Kier molecular flexibility index (Phi) is 7.43. The van der Waals surface area contributed by atoms with Gasteiger partial charge in [0.1, 0.15) is 19.0 Å². The van der Waals surface area contributed by atoms with Gasteiger partial charge in [0, 0.05) is 51.0 Å². The molecule has 1 fully saturated rings. The molecule has 1 saturated heterocycles. The van der Waals surface area contributed by atoms with Crippen molar-refractivity contribution in [1.82, 2.24) is 9.88 Å². The van der Waals surface area contributed by atoms with Crippen LogP contribution < -0.4 is 4.90 Å². The molecule has 34 heavy (non-hydrogen) atoms. The molecule has 7 nitrogen and oxygen atoms in total. The maximum atomic E-state index is 11.4. The van der Waals surface area contributed by atoms with Crippen LogP contribution >= 0.6 is 0 Å². The highest BCUT2D eigenvalue weighted by Gasteiger charge is 2.20. The molecule has 0 N–H and O–H groups in total. The highest BCUT2D eigenvalue weighted by Crippen LogP contribution is 2.32. The molecule has 0 saturated carbocycles. The van der Waals surface area contributed by atoms with E-state index >= 15 is 0 Å². The molecular weight excluding hydrogens is 430 g/mol. The summed E-state index contributed by atoms with van der Waals surface area (Å²) in [7, 11) is 0. The van der Waals surface area contributed by atoms with Crippen molar-refractivity contribution in [3.63, 3.8) is 0 Å². The monoisotopic (exact) mass is 461 g/mol. The van der Waals surface area contributed by atoms with Crippen LogP contribution in [0, 0.1) is 0 Å². The average molecular weight is 462 g/mol. The van der Waals surface area contributed by atoms with Crippen LogP contribution in [0.3, 0.4) is 0 Å². The van der Waals surface area contributed by atoms with Crippen molar-refractivity contribution >= 4 is 28.5 Å². The first-order valence-corrected chi connectivity index (χ1v) is 11.7. The smallest absolute Gasteiger partial charge is 0.302 e. The maximum Gasteiger partial charge on any atom is 0.302 e. The number of ether oxygens (including phenoxy) is 2. The summed E-state index contributed by atoms with van der Waals surface area (Å²) >= 11 is 0. The Bertz CT molecular complexity index is 1190. The van der Waals surface area contributed by atoms with Crippen LogP contribution in [-0.2, 0) is 32.3 Å². The number of rotatable bonds is 7. The lowest BCUT2D eigenvalue weighted by molar-refractivity contribution is -0.143. The van der Waals surface area contributed by atoms with Crippen LogP contribution in [0.5, 0.6) is 0 Å². The molecule has 1 aliphatic heterocycles. The van der Waals surface area contributed by atoms with Crippen molar-refractivity contribution in [2.45, 2.75) is 34.0 Å². The van der Waals surface area contributed by atoms with Gasteiger partial charge in [0.25, 0.3) is 0 Å². The van der Waals surface area contributed by atoms with Gasteiger partial charge < -0.3 is 19.3 Å². The Labute approximate surface area is 200 Å². The van der Waals surface area contributed by atoms with Gasteiger partial charge in [-0.25, -0.2) is 4.98 Å². The molecule has 3 aromatic rings. The Balaban J connectivity index is 1.73. The second-order valence-corrected chi connectivity index (χ2v) is 8.52. The van der Waals surface area contributed by atoms with Gasteiger partial charge in [0.2, 0.25) is 0 Å². The van der Waals surface area contributed by atoms with Crippen molar-refractivity contribution in [1.29, 1.82) is 0 Å². The third kappa shape index (κ3) is 5.54. The minimum Gasteiger partial charge on any atom is -0.461 e. The minimum absolute atomic E-state index is 0.110. The lowest BCUT2D eigenvalue weighted by atomic mass is 10.0. The number of esters is 2. The fourth-order valence-corrected chi connectivity index (χ4v) is 4.26. The van der Waals surface area contributed by atoms with Gasteiger partial charge in [-0.3, -0.25) is 9.59 Å². The Hall–Kier alpha value is -3.45. The maximum absolute atomic E-state index is 11.4. The van der Waals surface area contributed by atoms with E-state index in [1.165, 1.54) is 13.8 Å².